The van der Waals surface area contributed by atoms with E-state index in [1.54, 1.807) is 0 Å². The molecule has 1 fully saturated rings. The smallest absolute Gasteiger partial charge is 0.0911 e. The normalized spacial score (nSPS) is 20.3. The van der Waals surface area contributed by atoms with Gasteiger partial charge in [-0.25, -0.2) is 0 Å². The quantitative estimate of drug-likeness (QED) is 0.501. The van der Waals surface area contributed by atoms with Gasteiger partial charge in [0.25, 0.3) is 0 Å². The summed E-state index contributed by atoms with van der Waals surface area (Å²) in [5, 5.41) is 7.40. The first-order chi connectivity index (χ1) is 7.03. The van der Waals surface area contributed by atoms with Crippen LogP contribution in [0.4, 0.5) is 0 Å². The average molecular weight is 211 g/mol. The lowest BCUT2D eigenvalue weighted by molar-refractivity contribution is 0.174. The molecule has 0 aliphatic heterocycles. The van der Waals surface area contributed by atoms with Gasteiger partial charge in [0.2, 0.25) is 0 Å². The molecule has 88 valence electrons. The maximum atomic E-state index is 7.40. The lowest BCUT2D eigenvalue weighted by atomic mass is 10.00. The molecule has 1 atom stereocenters. The Labute approximate surface area is 93.5 Å². The number of hydrogen-bond donors (Lipinski definition) is 2. The molecule has 3 nitrogen and oxygen atoms in total. The first-order valence-corrected chi connectivity index (χ1v) is 6.10. The van der Waals surface area contributed by atoms with Gasteiger partial charge in [-0.3, -0.25) is 5.41 Å². The Morgan fingerprint density at radius 3 is 2.40 bits per heavy atom. The standard InChI is InChI=1S/C12H25N3/c1-4-10(3)15(5-2)9-12(6-7-12)8-11(13)14/h10H,4-9H2,1-3H3,(H3,13,14). The van der Waals surface area contributed by atoms with Gasteiger partial charge >= 0.3 is 0 Å². The summed E-state index contributed by atoms with van der Waals surface area (Å²) in [5.41, 5.74) is 5.86. The molecule has 0 aromatic heterocycles. The van der Waals surface area contributed by atoms with E-state index < -0.39 is 0 Å². The monoisotopic (exact) mass is 211 g/mol. The van der Waals surface area contributed by atoms with Gasteiger partial charge in [-0.05, 0) is 38.1 Å². The van der Waals surface area contributed by atoms with Crippen molar-refractivity contribution in [2.75, 3.05) is 13.1 Å². The van der Waals surface area contributed by atoms with Gasteiger partial charge in [0.05, 0.1) is 5.84 Å². The molecule has 0 aromatic carbocycles. The zero-order valence-corrected chi connectivity index (χ0v) is 10.3. The molecule has 0 spiro atoms. The zero-order chi connectivity index (χ0) is 11.5. The van der Waals surface area contributed by atoms with Gasteiger partial charge in [-0.2, -0.15) is 0 Å². The van der Waals surface area contributed by atoms with E-state index in [2.05, 4.69) is 25.7 Å². The Hall–Kier alpha value is -0.570. The van der Waals surface area contributed by atoms with Crippen LogP contribution in [0.1, 0.15) is 46.5 Å². The molecule has 1 rings (SSSR count). The minimum Gasteiger partial charge on any atom is -0.388 e. The number of amidine groups is 1. The van der Waals surface area contributed by atoms with Gasteiger partial charge in [0.15, 0.2) is 0 Å². The fraction of sp³-hybridized carbons (Fsp3) is 0.917. The lowest BCUT2D eigenvalue weighted by Crippen LogP contribution is -2.38. The van der Waals surface area contributed by atoms with Crippen LogP contribution in [0.15, 0.2) is 0 Å². The summed E-state index contributed by atoms with van der Waals surface area (Å²) in [7, 11) is 0. The second kappa shape index (κ2) is 4.97. The SMILES string of the molecule is CCC(C)N(CC)CC1(CC(=N)N)CC1. The summed E-state index contributed by atoms with van der Waals surface area (Å²) in [6.07, 6.45) is 4.49. The summed E-state index contributed by atoms with van der Waals surface area (Å²) >= 11 is 0. The van der Waals surface area contributed by atoms with E-state index in [0.29, 0.717) is 17.3 Å². The number of nitrogens with zero attached hydrogens (tertiary/aromatic N) is 1. The molecule has 0 heterocycles. The van der Waals surface area contributed by atoms with Crippen molar-refractivity contribution in [2.24, 2.45) is 11.1 Å². The number of rotatable bonds is 7. The molecule has 3 N–H and O–H groups in total. The Bertz CT molecular complexity index is 221. The predicted octanol–water partition coefficient (Wildman–Crippen LogP) is 2.21. The van der Waals surface area contributed by atoms with E-state index in [4.69, 9.17) is 11.1 Å². The fourth-order valence-electron chi connectivity index (χ4n) is 2.24. The molecule has 0 radical (unpaired) electrons. The highest BCUT2D eigenvalue weighted by Crippen LogP contribution is 2.49. The highest BCUT2D eigenvalue weighted by atomic mass is 15.2. The van der Waals surface area contributed by atoms with Crippen LogP contribution in [0.5, 0.6) is 0 Å². The highest BCUT2D eigenvalue weighted by Gasteiger charge is 2.44. The third-order valence-corrected chi connectivity index (χ3v) is 3.68. The zero-order valence-electron chi connectivity index (χ0n) is 10.3. The molecule has 0 amide bonds. The Morgan fingerprint density at radius 2 is 2.07 bits per heavy atom. The van der Waals surface area contributed by atoms with Crippen LogP contribution < -0.4 is 5.73 Å². The summed E-state index contributed by atoms with van der Waals surface area (Å²) in [4.78, 5) is 2.52. The van der Waals surface area contributed by atoms with E-state index in [0.717, 1.165) is 19.5 Å². The molecule has 1 unspecified atom stereocenters. The van der Waals surface area contributed by atoms with Crippen molar-refractivity contribution in [3.63, 3.8) is 0 Å². The maximum absolute atomic E-state index is 7.40. The molecule has 0 saturated heterocycles. The highest BCUT2D eigenvalue weighted by molar-refractivity contribution is 5.78. The Balaban J connectivity index is 2.47. The van der Waals surface area contributed by atoms with Crippen LogP contribution >= 0.6 is 0 Å². The second-order valence-electron chi connectivity index (χ2n) is 5.02. The van der Waals surface area contributed by atoms with Crippen molar-refractivity contribution in [3.8, 4) is 0 Å². The van der Waals surface area contributed by atoms with Crippen molar-refractivity contribution in [1.29, 1.82) is 5.41 Å². The van der Waals surface area contributed by atoms with Crippen molar-refractivity contribution >= 4 is 5.84 Å². The Kier molecular flexibility index (Phi) is 4.14. The topological polar surface area (TPSA) is 53.1 Å². The minimum atomic E-state index is 0.352. The lowest BCUT2D eigenvalue weighted by Gasteiger charge is -2.31. The molecular weight excluding hydrogens is 186 g/mol. The van der Waals surface area contributed by atoms with E-state index >= 15 is 0 Å². The van der Waals surface area contributed by atoms with E-state index in [1.807, 2.05) is 0 Å². The summed E-state index contributed by atoms with van der Waals surface area (Å²) in [6.45, 7) is 8.97. The Morgan fingerprint density at radius 1 is 1.47 bits per heavy atom. The van der Waals surface area contributed by atoms with Crippen molar-refractivity contribution in [3.05, 3.63) is 0 Å². The third kappa shape index (κ3) is 3.49. The maximum Gasteiger partial charge on any atom is 0.0911 e. The van der Waals surface area contributed by atoms with Crippen molar-refractivity contribution in [1.82, 2.24) is 4.90 Å². The summed E-state index contributed by atoms with van der Waals surface area (Å²) in [6, 6.07) is 0.652. The molecule has 0 aromatic rings. The predicted molar refractivity (Wildman–Crippen MR) is 65.2 cm³/mol. The van der Waals surface area contributed by atoms with Crippen LogP contribution in [0.2, 0.25) is 0 Å². The van der Waals surface area contributed by atoms with E-state index in [1.165, 1.54) is 19.3 Å². The van der Waals surface area contributed by atoms with Crippen LogP contribution in [-0.2, 0) is 0 Å². The number of nitrogens with two attached hydrogens (primary N) is 1. The molecule has 1 saturated carbocycles. The van der Waals surface area contributed by atoms with Crippen LogP contribution in [0.25, 0.3) is 0 Å². The number of nitrogens with one attached hydrogen (secondary N) is 1. The molecule has 3 heteroatoms. The van der Waals surface area contributed by atoms with E-state index in [-0.39, 0.29) is 0 Å². The second-order valence-corrected chi connectivity index (χ2v) is 5.02. The average Bonchev–Trinajstić information content (AvgIpc) is 2.92. The van der Waals surface area contributed by atoms with Gasteiger partial charge in [0.1, 0.15) is 0 Å². The largest absolute Gasteiger partial charge is 0.388 e. The van der Waals surface area contributed by atoms with Crippen LogP contribution in [0.3, 0.4) is 0 Å². The molecule has 1 aliphatic carbocycles. The van der Waals surface area contributed by atoms with E-state index in [9.17, 15) is 0 Å². The molecule has 0 bridgehead atoms. The molecule has 15 heavy (non-hydrogen) atoms. The van der Waals surface area contributed by atoms with Crippen LogP contribution in [0, 0.1) is 10.8 Å². The van der Waals surface area contributed by atoms with Gasteiger partial charge in [-0.15, -0.1) is 0 Å². The summed E-state index contributed by atoms with van der Waals surface area (Å²) < 4.78 is 0. The van der Waals surface area contributed by atoms with Gasteiger partial charge in [-0.1, -0.05) is 13.8 Å². The van der Waals surface area contributed by atoms with Crippen molar-refractivity contribution in [2.45, 2.75) is 52.5 Å². The van der Waals surface area contributed by atoms with Crippen LogP contribution in [-0.4, -0.2) is 29.9 Å². The van der Waals surface area contributed by atoms with Gasteiger partial charge < -0.3 is 10.6 Å². The minimum absolute atomic E-state index is 0.352. The fourth-order valence-corrected chi connectivity index (χ4v) is 2.24. The third-order valence-electron chi connectivity index (χ3n) is 3.68. The first-order valence-electron chi connectivity index (χ1n) is 6.10. The number of hydrogen-bond acceptors (Lipinski definition) is 2. The molecule has 1 aliphatic rings. The summed E-state index contributed by atoms with van der Waals surface area (Å²) in [5.74, 6) is 0.354. The van der Waals surface area contributed by atoms with Gasteiger partial charge in [0, 0.05) is 19.0 Å². The first kappa shape index (κ1) is 12.5. The van der Waals surface area contributed by atoms with Crippen molar-refractivity contribution < 1.29 is 0 Å². The molecular formula is C12H25N3.